The van der Waals surface area contributed by atoms with Gasteiger partial charge in [-0.25, -0.2) is 4.39 Å². The summed E-state index contributed by atoms with van der Waals surface area (Å²) in [6.07, 6.45) is 3.32. The Morgan fingerprint density at radius 1 is 1.32 bits per heavy atom. The summed E-state index contributed by atoms with van der Waals surface area (Å²) >= 11 is 0. The minimum Gasteiger partial charge on any atom is -0.373 e. The fraction of sp³-hybridized carbons (Fsp3) is 0.294. The second kappa shape index (κ2) is 6.66. The van der Waals surface area contributed by atoms with Crippen LogP contribution in [-0.2, 0) is 4.74 Å². The molecule has 5 heteroatoms. The Morgan fingerprint density at radius 2 is 2.14 bits per heavy atom. The molecule has 22 heavy (non-hydrogen) atoms. The Hall–Kier alpha value is -2.27. The molecule has 1 aliphatic heterocycles. The number of benzene rings is 1. The summed E-state index contributed by atoms with van der Waals surface area (Å²) in [6, 6.07) is 11.2. The number of carbonyl (C=O) groups excluding carboxylic acids is 1. The molecule has 0 aliphatic carbocycles. The number of ether oxygens (including phenoxy) is 1. The molecule has 2 atom stereocenters. The van der Waals surface area contributed by atoms with Gasteiger partial charge in [-0.05, 0) is 18.1 Å². The average Bonchev–Trinajstić information content (AvgIpc) is 3.02. The molecule has 0 bridgehead atoms. The number of rotatable bonds is 4. The second-order valence-electron chi connectivity index (χ2n) is 5.35. The lowest BCUT2D eigenvalue weighted by atomic mass is 9.95. The van der Waals surface area contributed by atoms with E-state index in [1.54, 1.807) is 0 Å². The van der Waals surface area contributed by atoms with E-state index < -0.39 is 5.82 Å². The van der Waals surface area contributed by atoms with Crippen LogP contribution in [-0.4, -0.2) is 24.0 Å². The maximum atomic E-state index is 13.1. The van der Waals surface area contributed by atoms with Crippen LogP contribution in [0.4, 0.5) is 4.39 Å². The van der Waals surface area contributed by atoms with Gasteiger partial charge in [-0.3, -0.25) is 9.78 Å². The number of hydrogen-bond donors (Lipinski definition) is 1. The first-order chi connectivity index (χ1) is 10.7. The number of nitrogens with zero attached hydrogens (tertiary/aromatic N) is 1. The van der Waals surface area contributed by atoms with Crippen LogP contribution in [0.15, 0.2) is 48.8 Å². The zero-order valence-electron chi connectivity index (χ0n) is 12.0. The number of aromatic nitrogens is 1. The van der Waals surface area contributed by atoms with Gasteiger partial charge in [-0.2, -0.15) is 0 Å². The summed E-state index contributed by atoms with van der Waals surface area (Å²) in [5.41, 5.74) is 1.35. The maximum Gasteiger partial charge on any atom is 0.252 e. The third kappa shape index (κ3) is 3.31. The van der Waals surface area contributed by atoms with Crippen molar-refractivity contribution in [2.75, 3.05) is 13.2 Å². The van der Waals surface area contributed by atoms with Gasteiger partial charge in [0.2, 0.25) is 0 Å². The van der Waals surface area contributed by atoms with Crippen LogP contribution in [0.2, 0.25) is 0 Å². The van der Waals surface area contributed by atoms with Crippen molar-refractivity contribution in [1.29, 1.82) is 0 Å². The Labute approximate surface area is 128 Å². The van der Waals surface area contributed by atoms with E-state index in [2.05, 4.69) is 10.3 Å². The van der Waals surface area contributed by atoms with Crippen LogP contribution in [0.25, 0.3) is 0 Å². The third-order valence-electron chi connectivity index (χ3n) is 3.83. The van der Waals surface area contributed by atoms with E-state index >= 15 is 0 Å². The largest absolute Gasteiger partial charge is 0.373 e. The van der Waals surface area contributed by atoms with Gasteiger partial charge in [0.15, 0.2) is 0 Å². The summed E-state index contributed by atoms with van der Waals surface area (Å²) < 4.78 is 18.9. The number of hydrogen-bond acceptors (Lipinski definition) is 3. The molecule has 0 saturated carbocycles. The molecule has 2 aromatic rings. The standard InChI is InChI=1S/C17H17FN2O2/c18-15-8-14(9-19-11-15)17(21)20-10-13-6-7-22-16(13)12-4-2-1-3-5-12/h1-5,8-9,11,13,16H,6-7,10H2,(H,20,21)/t13-,16-/m0/s1. The molecule has 1 fully saturated rings. The summed E-state index contributed by atoms with van der Waals surface area (Å²) in [5.74, 6) is -0.613. The van der Waals surface area contributed by atoms with Gasteiger partial charge in [-0.1, -0.05) is 30.3 Å². The molecule has 0 unspecified atom stereocenters. The molecule has 114 valence electrons. The highest BCUT2D eigenvalue weighted by atomic mass is 19.1. The van der Waals surface area contributed by atoms with Crippen molar-refractivity contribution in [3.63, 3.8) is 0 Å². The van der Waals surface area contributed by atoms with Crippen molar-refractivity contribution in [3.05, 3.63) is 65.7 Å². The van der Waals surface area contributed by atoms with Crippen molar-refractivity contribution in [1.82, 2.24) is 10.3 Å². The predicted octanol–water partition coefficient (Wildman–Crippen LogP) is 2.73. The fourth-order valence-electron chi connectivity index (χ4n) is 2.72. The molecule has 0 spiro atoms. The molecule has 1 amide bonds. The van der Waals surface area contributed by atoms with Gasteiger partial charge in [0.05, 0.1) is 17.9 Å². The van der Waals surface area contributed by atoms with Crippen molar-refractivity contribution < 1.29 is 13.9 Å². The van der Waals surface area contributed by atoms with Gasteiger partial charge < -0.3 is 10.1 Å². The lowest BCUT2D eigenvalue weighted by Crippen LogP contribution is -2.30. The van der Waals surface area contributed by atoms with Crippen molar-refractivity contribution in [3.8, 4) is 0 Å². The van der Waals surface area contributed by atoms with Crippen LogP contribution in [0.3, 0.4) is 0 Å². The first-order valence-corrected chi connectivity index (χ1v) is 7.29. The van der Waals surface area contributed by atoms with Gasteiger partial charge in [-0.15, -0.1) is 0 Å². The molecule has 1 saturated heterocycles. The lowest BCUT2D eigenvalue weighted by molar-refractivity contribution is 0.0846. The summed E-state index contributed by atoms with van der Waals surface area (Å²) in [7, 11) is 0. The van der Waals surface area contributed by atoms with E-state index in [1.165, 1.54) is 12.3 Å². The quantitative estimate of drug-likeness (QED) is 0.944. The van der Waals surface area contributed by atoms with Crippen LogP contribution >= 0.6 is 0 Å². The first kappa shape index (κ1) is 14.7. The molecular weight excluding hydrogens is 283 g/mol. The van der Waals surface area contributed by atoms with Gasteiger partial charge >= 0.3 is 0 Å². The lowest BCUT2D eigenvalue weighted by Gasteiger charge is -2.19. The SMILES string of the molecule is O=C(NC[C@@H]1CCO[C@H]1c1ccccc1)c1cncc(F)c1. The molecule has 1 aliphatic rings. The molecule has 2 heterocycles. The first-order valence-electron chi connectivity index (χ1n) is 7.29. The van der Waals surface area contributed by atoms with Crippen LogP contribution in [0.5, 0.6) is 0 Å². The molecule has 4 nitrogen and oxygen atoms in total. The monoisotopic (exact) mass is 300 g/mol. The van der Waals surface area contributed by atoms with E-state index in [1.807, 2.05) is 30.3 Å². The number of pyridine rings is 1. The zero-order valence-corrected chi connectivity index (χ0v) is 12.0. The highest BCUT2D eigenvalue weighted by molar-refractivity contribution is 5.93. The smallest absolute Gasteiger partial charge is 0.252 e. The summed E-state index contributed by atoms with van der Waals surface area (Å²) in [5, 5.41) is 2.84. The zero-order chi connectivity index (χ0) is 15.4. The maximum absolute atomic E-state index is 13.1. The minimum absolute atomic E-state index is 0.00728. The molecule has 1 N–H and O–H groups in total. The molecule has 1 aromatic carbocycles. The number of amides is 1. The highest BCUT2D eigenvalue weighted by Gasteiger charge is 2.29. The predicted molar refractivity (Wildman–Crippen MR) is 79.8 cm³/mol. The number of carbonyl (C=O) groups is 1. The number of halogens is 1. The van der Waals surface area contributed by atoms with E-state index in [-0.39, 0.29) is 23.5 Å². The normalized spacial score (nSPS) is 20.8. The Bertz CT molecular complexity index is 648. The third-order valence-corrected chi connectivity index (χ3v) is 3.83. The van der Waals surface area contributed by atoms with Gasteiger partial charge in [0, 0.05) is 25.3 Å². The van der Waals surface area contributed by atoms with Crippen LogP contribution in [0.1, 0.15) is 28.4 Å². The van der Waals surface area contributed by atoms with Crippen molar-refractivity contribution >= 4 is 5.91 Å². The fourth-order valence-corrected chi connectivity index (χ4v) is 2.72. The molecule has 1 aromatic heterocycles. The average molecular weight is 300 g/mol. The summed E-state index contributed by atoms with van der Waals surface area (Å²) in [4.78, 5) is 15.7. The van der Waals surface area contributed by atoms with E-state index in [0.717, 1.165) is 18.2 Å². The Balaban J connectivity index is 1.62. The van der Waals surface area contributed by atoms with Gasteiger partial charge in [0.1, 0.15) is 5.82 Å². The molecular formula is C17H17FN2O2. The van der Waals surface area contributed by atoms with E-state index in [0.29, 0.717) is 13.2 Å². The van der Waals surface area contributed by atoms with Crippen LogP contribution < -0.4 is 5.32 Å². The Morgan fingerprint density at radius 3 is 2.91 bits per heavy atom. The highest BCUT2D eigenvalue weighted by Crippen LogP contribution is 2.33. The van der Waals surface area contributed by atoms with E-state index in [4.69, 9.17) is 4.74 Å². The van der Waals surface area contributed by atoms with Crippen LogP contribution in [0, 0.1) is 11.7 Å². The number of nitrogens with one attached hydrogen (secondary N) is 1. The van der Waals surface area contributed by atoms with Gasteiger partial charge in [0.25, 0.3) is 5.91 Å². The topological polar surface area (TPSA) is 51.2 Å². The Kier molecular flexibility index (Phi) is 4.44. The van der Waals surface area contributed by atoms with Crippen molar-refractivity contribution in [2.45, 2.75) is 12.5 Å². The molecule has 0 radical (unpaired) electrons. The van der Waals surface area contributed by atoms with E-state index in [9.17, 15) is 9.18 Å². The molecule has 3 rings (SSSR count). The minimum atomic E-state index is -0.515. The van der Waals surface area contributed by atoms with Crippen molar-refractivity contribution in [2.24, 2.45) is 5.92 Å². The second-order valence-corrected chi connectivity index (χ2v) is 5.35. The summed E-state index contributed by atoms with van der Waals surface area (Å²) in [6.45, 7) is 1.18.